The zero-order chi connectivity index (χ0) is 18.5. The highest BCUT2D eigenvalue weighted by Crippen LogP contribution is 2.22. The van der Waals surface area contributed by atoms with Crippen molar-refractivity contribution in [1.29, 1.82) is 0 Å². The Morgan fingerprint density at radius 2 is 1.96 bits per heavy atom. The number of nitrogens with zero attached hydrogens (tertiary/aromatic N) is 3. The molecule has 132 valence electrons. The highest BCUT2D eigenvalue weighted by molar-refractivity contribution is 6.37. The number of hydrogen-bond donors (Lipinski definition) is 0. The fraction of sp³-hybridized carbons (Fsp3) is 0.105. The smallest absolute Gasteiger partial charge is 0.331 e. The van der Waals surface area contributed by atoms with E-state index in [1.807, 2.05) is 19.1 Å². The van der Waals surface area contributed by atoms with Gasteiger partial charge in [0, 0.05) is 23.0 Å². The molecule has 0 aliphatic rings. The third kappa shape index (κ3) is 4.50. The maximum absolute atomic E-state index is 12.2. The van der Waals surface area contributed by atoms with Crippen LogP contribution in [0.15, 0.2) is 66.3 Å². The van der Waals surface area contributed by atoms with Crippen LogP contribution in [-0.2, 0) is 11.4 Å². The lowest BCUT2D eigenvalue weighted by Crippen LogP contribution is -2.13. The summed E-state index contributed by atoms with van der Waals surface area (Å²) in [6.45, 7) is 2.28. The molecule has 0 fully saturated rings. The van der Waals surface area contributed by atoms with Crippen molar-refractivity contribution in [3.63, 3.8) is 0 Å². The Hall–Kier alpha value is -2.63. The Balaban J connectivity index is 1.88. The monoisotopic (exact) mass is 387 g/mol. The molecular weight excluding hydrogens is 373 g/mol. The SMILES string of the molecule is Cc1ccc(C(=O)O/N=C(\Cn2ccnc2)c2ccc(Cl)cc2Cl)cc1. The first-order valence-electron chi connectivity index (χ1n) is 7.79. The lowest BCUT2D eigenvalue weighted by Gasteiger charge is -2.09. The fourth-order valence-corrected chi connectivity index (χ4v) is 2.80. The van der Waals surface area contributed by atoms with Gasteiger partial charge in [0.05, 0.1) is 23.5 Å². The number of hydrogen-bond acceptors (Lipinski definition) is 4. The molecule has 1 aromatic heterocycles. The molecule has 0 saturated heterocycles. The number of aromatic nitrogens is 2. The predicted octanol–water partition coefficient (Wildman–Crippen LogP) is 4.76. The van der Waals surface area contributed by atoms with E-state index in [2.05, 4.69) is 10.1 Å². The second kappa shape index (κ2) is 8.17. The highest BCUT2D eigenvalue weighted by atomic mass is 35.5. The number of oxime groups is 1. The van der Waals surface area contributed by atoms with Crippen molar-refractivity contribution in [1.82, 2.24) is 9.55 Å². The molecule has 0 atom stereocenters. The minimum atomic E-state index is -0.543. The molecular formula is C19H15Cl2N3O2. The van der Waals surface area contributed by atoms with Crippen molar-refractivity contribution in [3.05, 3.63) is 87.9 Å². The van der Waals surface area contributed by atoms with Crippen molar-refractivity contribution in [2.45, 2.75) is 13.5 Å². The van der Waals surface area contributed by atoms with Gasteiger partial charge in [-0.2, -0.15) is 0 Å². The maximum Gasteiger partial charge on any atom is 0.365 e. The summed E-state index contributed by atoms with van der Waals surface area (Å²) >= 11 is 12.2. The first-order chi connectivity index (χ1) is 12.5. The Morgan fingerprint density at radius 1 is 1.19 bits per heavy atom. The molecule has 1 heterocycles. The van der Waals surface area contributed by atoms with E-state index >= 15 is 0 Å². The van der Waals surface area contributed by atoms with Gasteiger partial charge in [0.25, 0.3) is 0 Å². The van der Waals surface area contributed by atoms with Crippen LogP contribution in [0.4, 0.5) is 0 Å². The van der Waals surface area contributed by atoms with Gasteiger partial charge in [-0.3, -0.25) is 0 Å². The quantitative estimate of drug-likeness (QED) is 0.360. The molecule has 0 N–H and O–H groups in total. The normalized spacial score (nSPS) is 11.4. The van der Waals surface area contributed by atoms with Gasteiger partial charge in [-0.1, -0.05) is 46.1 Å². The Kier molecular flexibility index (Phi) is 5.71. The summed E-state index contributed by atoms with van der Waals surface area (Å²) < 4.78 is 1.80. The third-order valence-corrected chi connectivity index (χ3v) is 4.21. The van der Waals surface area contributed by atoms with Crippen LogP contribution in [0.1, 0.15) is 21.5 Å². The van der Waals surface area contributed by atoms with Crippen LogP contribution >= 0.6 is 23.2 Å². The van der Waals surface area contributed by atoms with Gasteiger partial charge in [-0.05, 0) is 37.3 Å². The van der Waals surface area contributed by atoms with Crippen LogP contribution in [0.25, 0.3) is 0 Å². The molecule has 0 spiro atoms. The number of rotatable bonds is 5. The lowest BCUT2D eigenvalue weighted by molar-refractivity contribution is 0.0515. The minimum absolute atomic E-state index is 0.336. The van der Waals surface area contributed by atoms with Crippen LogP contribution in [0.2, 0.25) is 10.0 Å². The topological polar surface area (TPSA) is 56.5 Å². The highest BCUT2D eigenvalue weighted by Gasteiger charge is 2.13. The largest absolute Gasteiger partial charge is 0.365 e. The van der Waals surface area contributed by atoms with Gasteiger partial charge in [0.2, 0.25) is 0 Å². The van der Waals surface area contributed by atoms with Crippen molar-refractivity contribution in [3.8, 4) is 0 Å². The second-order valence-corrected chi connectivity index (χ2v) is 6.49. The fourth-order valence-electron chi connectivity index (χ4n) is 2.28. The summed E-state index contributed by atoms with van der Waals surface area (Å²) in [5, 5.41) is 4.98. The zero-order valence-corrected chi connectivity index (χ0v) is 15.4. The molecule has 7 heteroatoms. The van der Waals surface area contributed by atoms with Crippen molar-refractivity contribution in [2.75, 3.05) is 0 Å². The summed E-state index contributed by atoms with van der Waals surface area (Å²) in [7, 11) is 0. The van der Waals surface area contributed by atoms with Crippen molar-refractivity contribution in [2.24, 2.45) is 5.16 Å². The minimum Gasteiger partial charge on any atom is -0.331 e. The number of halogens is 2. The van der Waals surface area contributed by atoms with Crippen LogP contribution in [0.3, 0.4) is 0 Å². The number of imidazole rings is 1. The van der Waals surface area contributed by atoms with Gasteiger partial charge in [0.1, 0.15) is 5.71 Å². The summed E-state index contributed by atoms with van der Waals surface area (Å²) in [4.78, 5) is 21.4. The molecule has 0 saturated carbocycles. The molecule has 3 aromatic rings. The summed E-state index contributed by atoms with van der Waals surface area (Å²) in [6.07, 6.45) is 5.07. The standard InChI is InChI=1S/C19H15Cl2N3O2/c1-13-2-4-14(5-3-13)19(25)26-23-18(11-24-9-8-22-12-24)16-7-6-15(20)10-17(16)21/h2-10,12H,11H2,1H3/b23-18+. The van der Waals surface area contributed by atoms with Crippen molar-refractivity contribution >= 4 is 34.9 Å². The van der Waals surface area contributed by atoms with Crippen LogP contribution < -0.4 is 0 Å². The number of benzene rings is 2. The molecule has 5 nitrogen and oxygen atoms in total. The van der Waals surface area contributed by atoms with E-state index in [1.165, 1.54) is 0 Å². The number of carbonyl (C=O) groups excluding carboxylic acids is 1. The second-order valence-electron chi connectivity index (χ2n) is 5.64. The van der Waals surface area contributed by atoms with E-state index in [4.69, 9.17) is 28.0 Å². The Bertz CT molecular complexity index is 936. The molecule has 3 rings (SSSR count). The van der Waals surface area contributed by atoms with Gasteiger partial charge in [0.15, 0.2) is 0 Å². The van der Waals surface area contributed by atoms with E-state index < -0.39 is 5.97 Å². The summed E-state index contributed by atoms with van der Waals surface area (Å²) in [5.74, 6) is -0.543. The van der Waals surface area contributed by atoms with Gasteiger partial charge < -0.3 is 9.40 Å². The Morgan fingerprint density at radius 3 is 2.62 bits per heavy atom. The van der Waals surface area contributed by atoms with E-state index in [-0.39, 0.29) is 0 Å². The first-order valence-corrected chi connectivity index (χ1v) is 8.54. The molecule has 0 aliphatic carbocycles. The Labute approximate surface area is 160 Å². The zero-order valence-electron chi connectivity index (χ0n) is 13.9. The molecule has 0 radical (unpaired) electrons. The van der Waals surface area contributed by atoms with E-state index in [9.17, 15) is 4.79 Å². The molecule has 0 aliphatic heterocycles. The maximum atomic E-state index is 12.2. The van der Waals surface area contributed by atoms with Crippen LogP contribution in [-0.4, -0.2) is 21.2 Å². The van der Waals surface area contributed by atoms with E-state index in [0.29, 0.717) is 33.4 Å². The summed E-state index contributed by atoms with van der Waals surface area (Å²) in [5.41, 5.74) is 2.58. The summed E-state index contributed by atoms with van der Waals surface area (Å²) in [6, 6.07) is 12.1. The number of aryl methyl sites for hydroxylation is 1. The third-order valence-electron chi connectivity index (χ3n) is 3.66. The van der Waals surface area contributed by atoms with Gasteiger partial charge >= 0.3 is 5.97 Å². The number of carbonyl (C=O) groups is 1. The average Bonchev–Trinajstić information content (AvgIpc) is 3.12. The van der Waals surface area contributed by atoms with Crippen LogP contribution in [0, 0.1) is 6.92 Å². The first kappa shape index (κ1) is 18.2. The average molecular weight is 388 g/mol. The molecule has 0 bridgehead atoms. The molecule has 26 heavy (non-hydrogen) atoms. The lowest BCUT2D eigenvalue weighted by atomic mass is 10.1. The molecule has 2 aromatic carbocycles. The van der Waals surface area contributed by atoms with Gasteiger partial charge in [-0.25, -0.2) is 9.78 Å². The van der Waals surface area contributed by atoms with Gasteiger partial charge in [-0.15, -0.1) is 0 Å². The van der Waals surface area contributed by atoms with Crippen LogP contribution in [0.5, 0.6) is 0 Å². The van der Waals surface area contributed by atoms with E-state index in [0.717, 1.165) is 5.56 Å². The molecule has 0 amide bonds. The molecule has 0 unspecified atom stereocenters. The van der Waals surface area contributed by atoms with Crippen molar-refractivity contribution < 1.29 is 9.63 Å². The predicted molar refractivity (Wildman–Crippen MR) is 102 cm³/mol. The van der Waals surface area contributed by atoms with E-state index in [1.54, 1.807) is 53.6 Å².